The van der Waals surface area contributed by atoms with Gasteiger partial charge in [-0.15, -0.1) is 0 Å². The number of fused-ring (bicyclic) bond motifs is 7. The van der Waals surface area contributed by atoms with Crippen LogP contribution < -0.4 is 0 Å². The normalized spacial score (nSPS) is 46.4. The van der Waals surface area contributed by atoms with Gasteiger partial charge in [0.05, 0.1) is 0 Å². The summed E-state index contributed by atoms with van der Waals surface area (Å²) in [5.41, 5.74) is 3.44. The van der Waals surface area contributed by atoms with E-state index >= 15 is 0 Å². The van der Waals surface area contributed by atoms with Crippen LogP contribution in [0, 0.1) is 35.5 Å². The highest BCUT2D eigenvalue weighted by atomic mass is 14.5. The van der Waals surface area contributed by atoms with E-state index in [0.29, 0.717) is 11.8 Å². The van der Waals surface area contributed by atoms with Gasteiger partial charge in [0.15, 0.2) is 0 Å². The molecule has 5 aliphatic carbocycles. The molecule has 2 fully saturated rings. The zero-order valence-corrected chi connectivity index (χ0v) is 11.7. The number of rotatable bonds is 0. The van der Waals surface area contributed by atoms with Crippen molar-refractivity contribution in [2.45, 2.75) is 12.8 Å². The van der Waals surface area contributed by atoms with Crippen molar-refractivity contribution in [2.75, 3.05) is 0 Å². The van der Waals surface area contributed by atoms with E-state index in [1.807, 2.05) is 0 Å². The van der Waals surface area contributed by atoms with E-state index < -0.39 is 0 Å². The molecule has 6 unspecified atom stereocenters. The molecule has 6 atom stereocenters. The van der Waals surface area contributed by atoms with Gasteiger partial charge in [0.2, 0.25) is 0 Å². The molecule has 5 rings (SSSR count). The van der Waals surface area contributed by atoms with Gasteiger partial charge >= 0.3 is 0 Å². The number of hydrogen-bond donors (Lipinski definition) is 0. The maximum absolute atomic E-state index is 2.47. The number of allylic oxidation sites excluding steroid dienone is 12. The first-order valence-electron chi connectivity index (χ1n) is 8.03. The molecule has 2 saturated carbocycles. The van der Waals surface area contributed by atoms with Gasteiger partial charge in [-0.1, -0.05) is 71.9 Å². The summed E-state index contributed by atoms with van der Waals surface area (Å²) >= 11 is 0. The summed E-state index contributed by atoms with van der Waals surface area (Å²) < 4.78 is 0. The van der Waals surface area contributed by atoms with Crippen LogP contribution in [0.2, 0.25) is 0 Å². The zero-order chi connectivity index (χ0) is 13.1. The van der Waals surface area contributed by atoms with Gasteiger partial charge < -0.3 is 0 Å². The van der Waals surface area contributed by atoms with E-state index in [4.69, 9.17) is 0 Å². The fraction of sp³-hybridized carbons (Fsp3) is 0.400. The van der Waals surface area contributed by atoms with E-state index in [9.17, 15) is 0 Å². The monoisotopic (exact) mass is 260 g/mol. The summed E-state index contributed by atoms with van der Waals surface area (Å²) in [6, 6.07) is 0. The van der Waals surface area contributed by atoms with Gasteiger partial charge in [-0.05, 0) is 36.5 Å². The van der Waals surface area contributed by atoms with Crippen molar-refractivity contribution < 1.29 is 0 Å². The summed E-state index contributed by atoms with van der Waals surface area (Å²) in [6.07, 6.45) is 26.4. The molecule has 5 aliphatic rings. The Kier molecular flexibility index (Phi) is 2.21. The van der Waals surface area contributed by atoms with Gasteiger partial charge in [0.1, 0.15) is 0 Å². The molecule has 0 aromatic heterocycles. The molecule has 0 saturated heterocycles. The fourth-order valence-electron chi connectivity index (χ4n) is 5.28. The average Bonchev–Trinajstić information content (AvgIpc) is 3.05. The van der Waals surface area contributed by atoms with Crippen molar-refractivity contribution in [3.8, 4) is 0 Å². The van der Waals surface area contributed by atoms with Crippen LogP contribution in [-0.2, 0) is 0 Å². The lowest BCUT2D eigenvalue weighted by Crippen LogP contribution is -2.17. The Morgan fingerprint density at radius 2 is 1.05 bits per heavy atom. The van der Waals surface area contributed by atoms with Crippen LogP contribution in [-0.4, -0.2) is 0 Å². The number of hydrogen-bond acceptors (Lipinski definition) is 0. The molecule has 0 aromatic carbocycles. The van der Waals surface area contributed by atoms with Gasteiger partial charge in [-0.2, -0.15) is 0 Å². The molecule has 0 bridgehead atoms. The van der Waals surface area contributed by atoms with Crippen molar-refractivity contribution in [1.82, 2.24) is 0 Å². The Bertz CT molecular complexity index is 566. The smallest absolute Gasteiger partial charge is 0.00491 e. The topological polar surface area (TPSA) is 0 Å². The van der Waals surface area contributed by atoms with Crippen molar-refractivity contribution >= 4 is 0 Å². The average molecular weight is 260 g/mol. The van der Waals surface area contributed by atoms with Crippen molar-refractivity contribution in [3.63, 3.8) is 0 Å². The maximum atomic E-state index is 2.47. The highest BCUT2D eigenvalue weighted by Gasteiger charge is 2.48. The fourth-order valence-corrected chi connectivity index (χ4v) is 5.28. The summed E-state index contributed by atoms with van der Waals surface area (Å²) in [7, 11) is 0. The first-order valence-corrected chi connectivity index (χ1v) is 8.03. The van der Waals surface area contributed by atoms with Crippen LogP contribution in [0.15, 0.2) is 71.9 Å². The second-order valence-corrected chi connectivity index (χ2v) is 6.94. The Balaban J connectivity index is 1.55. The molecule has 100 valence electrons. The molecular weight excluding hydrogens is 240 g/mol. The SMILES string of the molecule is C1=CC2CC3C(=CC=C4C5C=CC=CC5CC43)C2C=C1. The van der Waals surface area contributed by atoms with Crippen LogP contribution in [0.3, 0.4) is 0 Å². The molecule has 0 heterocycles. The minimum absolute atomic E-state index is 0.691. The molecule has 0 heteroatoms. The largest absolute Gasteiger partial charge is 0.0805 e. The standard InChI is InChI=1S/C20H20/c1-3-7-15-13(5-1)11-19-17(15)9-10-18-16-8-4-2-6-14(16)12-20(18)19/h1-10,13-16,19-20H,11-12H2. The lowest BCUT2D eigenvalue weighted by atomic mass is 9.77. The molecule has 0 aromatic rings. The highest BCUT2D eigenvalue weighted by Crippen LogP contribution is 2.57. The molecule has 20 heavy (non-hydrogen) atoms. The lowest BCUT2D eigenvalue weighted by molar-refractivity contribution is 0.412. The molecule has 0 radical (unpaired) electrons. The third-order valence-electron chi connectivity index (χ3n) is 6.13. The summed E-state index contributed by atoms with van der Waals surface area (Å²) in [4.78, 5) is 0. The summed E-state index contributed by atoms with van der Waals surface area (Å²) in [6.45, 7) is 0. The van der Waals surface area contributed by atoms with Crippen molar-refractivity contribution in [2.24, 2.45) is 35.5 Å². The second-order valence-electron chi connectivity index (χ2n) is 6.94. The Morgan fingerprint density at radius 3 is 1.55 bits per heavy atom. The first kappa shape index (κ1) is 11.1. The van der Waals surface area contributed by atoms with Crippen LogP contribution in [0.4, 0.5) is 0 Å². The Hall–Kier alpha value is -1.56. The quantitative estimate of drug-likeness (QED) is 0.596. The molecule has 0 amide bonds. The van der Waals surface area contributed by atoms with Crippen LogP contribution in [0.1, 0.15) is 12.8 Å². The zero-order valence-electron chi connectivity index (χ0n) is 11.7. The third kappa shape index (κ3) is 1.37. The summed E-state index contributed by atoms with van der Waals surface area (Å²) in [5, 5.41) is 0. The van der Waals surface area contributed by atoms with Gasteiger partial charge in [0, 0.05) is 11.8 Å². The third-order valence-corrected chi connectivity index (χ3v) is 6.13. The minimum Gasteiger partial charge on any atom is -0.0805 e. The van der Waals surface area contributed by atoms with E-state index in [2.05, 4.69) is 60.8 Å². The minimum atomic E-state index is 0.691. The predicted octanol–water partition coefficient (Wildman–Crippen LogP) is 4.61. The van der Waals surface area contributed by atoms with Crippen LogP contribution in [0.25, 0.3) is 0 Å². The van der Waals surface area contributed by atoms with Gasteiger partial charge in [0.25, 0.3) is 0 Å². The van der Waals surface area contributed by atoms with Gasteiger partial charge in [-0.3, -0.25) is 0 Å². The molecule has 0 N–H and O–H groups in total. The van der Waals surface area contributed by atoms with Gasteiger partial charge in [-0.25, -0.2) is 0 Å². The molecule has 0 spiro atoms. The second kappa shape index (κ2) is 3.97. The summed E-state index contributed by atoms with van der Waals surface area (Å²) in [5.74, 6) is 4.53. The molecular formula is C20H20. The lowest BCUT2D eigenvalue weighted by Gasteiger charge is -2.27. The Morgan fingerprint density at radius 1 is 0.600 bits per heavy atom. The molecule has 0 aliphatic heterocycles. The van der Waals surface area contributed by atoms with Crippen LogP contribution in [0.5, 0.6) is 0 Å². The van der Waals surface area contributed by atoms with Crippen LogP contribution >= 0.6 is 0 Å². The maximum Gasteiger partial charge on any atom is 0.00491 e. The van der Waals surface area contributed by atoms with E-state index in [-0.39, 0.29) is 0 Å². The first-order chi connectivity index (χ1) is 9.92. The predicted molar refractivity (Wildman–Crippen MR) is 82.9 cm³/mol. The van der Waals surface area contributed by atoms with Crippen molar-refractivity contribution in [1.29, 1.82) is 0 Å². The van der Waals surface area contributed by atoms with Crippen molar-refractivity contribution in [3.05, 3.63) is 71.9 Å². The van der Waals surface area contributed by atoms with E-state index in [1.54, 1.807) is 11.1 Å². The van der Waals surface area contributed by atoms with E-state index in [0.717, 1.165) is 23.7 Å². The highest BCUT2D eigenvalue weighted by molar-refractivity contribution is 5.43. The molecule has 0 nitrogen and oxygen atoms in total. The van der Waals surface area contributed by atoms with E-state index in [1.165, 1.54) is 12.8 Å². The Labute approximate surface area is 121 Å².